The minimum atomic E-state index is -0.679. The lowest BCUT2D eigenvalue weighted by molar-refractivity contribution is -0.117. The highest BCUT2D eigenvalue weighted by Crippen LogP contribution is 2.29. The maximum absolute atomic E-state index is 12.2. The van der Waals surface area contributed by atoms with Gasteiger partial charge in [0.25, 0.3) is 0 Å². The zero-order valence-corrected chi connectivity index (χ0v) is 13.3. The van der Waals surface area contributed by atoms with Gasteiger partial charge in [0, 0.05) is 5.69 Å². The number of hydrogen-bond acceptors (Lipinski definition) is 3. The zero-order valence-electron chi connectivity index (χ0n) is 13.3. The standard InChI is InChI=1S/C19H22N2O2/c1-13-2-6-15(7-3-13)18(20)19(22)21-16-8-10-17(11-9-16)23-12-14-4-5-14/h2-3,6-11,14,18H,4-5,12,20H2,1H3,(H,21,22). The van der Waals surface area contributed by atoms with Crippen LogP contribution in [0, 0.1) is 12.8 Å². The molecule has 120 valence electrons. The Kier molecular flexibility index (Phi) is 4.63. The van der Waals surface area contributed by atoms with Crippen molar-refractivity contribution in [2.45, 2.75) is 25.8 Å². The van der Waals surface area contributed by atoms with Crippen LogP contribution in [-0.4, -0.2) is 12.5 Å². The normalized spacial score (nSPS) is 15.0. The Bertz CT molecular complexity index is 661. The molecule has 3 N–H and O–H groups in total. The first kappa shape index (κ1) is 15.6. The number of nitrogens with one attached hydrogen (secondary N) is 1. The van der Waals surface area contributed by atoms with Crippen molar-refractivity contribution >= 4 is 11.6 Å². The van der Waals surface area contributed by atoms with Crippen LogP contribution in [0.1, 0.15) is 30.0 Å². The van der Waals surface area contributed by atoms with Crippen LogP contribution >= 0.6 is 0 Å². The van der Waals surface area contributed by atoms with Crippen molar-refractivity contribution in [3.63, 3.8) is 0 Å². The van der Waals surface area contributed by atoms with Crippen LogP contribution in [0.4, 0.5) is 5.69 Å². The van der Waals surface area contributed by atoms with Crippen LogP contribution in [0.25, 0.3) is 0 Å². The van der Waals surface area contributed by atoms with Crippen LogP contribution < -0.4 is 15.8 Å². The van der Waals surface area contributed by atoms with Gasteiger partial charge in [0.05, 0.1) is 6.61 Å². The van der Waals surface area contributed by atoms with Gasteiger partial charge in [-0.15, -0.1) is 0 Å². The highest BCUT2D eigenvalue weighted by Gasteiger charge is 2.21. The molecule has 1 aliphatic rings. The number of carbonyl (C=O) groups excluding carboxylic acids is 1. The lowest BCUT2D eigenvalue weighted by Crippen LogP contribution is -2.27. The second kappa shape index (κ2) is 6.84. The highest BCUT2D eigenvalue weighted by atomic mass is 16.5. The van der Waals surface area contributed by atoms with Gasteiger partial charge in [0.2, 0.25) is 5.91 Å². The van der Waals surface area contributed by atoms with E-state index >= 15 is 0 Å². The third kappa shape index (κ3) is 4.33. The van der Waals surface area contributed by atoms with Crippen molar-refractivity contribution in [3.05, 3.63) is 59.7 Å². The first-order valence-corrected chi connectivity index (χ1v) is 7.98. The van der Waals surface area contributed by atoms with E-state index in [2.05, 4.69) is 5.32 Å². The topological polar surface area (TPSA) is 64.4 Å². The summed E-state index contributed by atoms with van der Waals surface area (Å²) >= 11 is 0. The maximum atomic E-state index is 12.2. The number of ether oxygens (including phenoxy) is 1. The molecule has 1 aliphatic carbocycles. The van der Waals surface area contributed by atoms with Gasteiger partial charge < -0.3 is 15.8 Å². The lowest BCUT2D eigenvalue weighted by atomic mass is 10.1. The smallest absolute Gasteiger partial charge is 0.245 e. The molecule has 0 saturated heterocycles. The first-order chi connectivity index (χ1) is 11.1. The average Bonchev–Trinajstić information content (AvgIpc) is 3.38. The summed E-state index contributed by atoms with van der Waals surface area (Å²) in [4.78, 5) is 12.2. The molecule has 0 bridgehead atoms. The van der Waals surface area contributed by atoms with Gasteiger partial charge in [-0.2, -0.15) is 0 Å². The minimum absolute atomic E-state index is 0.222. The zero-order chi connectivity index (χ0) is 16.2. The molecule has 4 heteroatoms. The summed E-state index contributed by atoms with van der Waals surface area (Å²) in [6, 6.07) is 14.4. The fourth-order valence-corrected chi connectivity index (χ4v) is 2.28. The number of benzene rings is 2. The fourth-order valence-electron chi connectivity index (χ4n) is 2.28. The Morgan fingerprint density at radius 2 is 1.83 bits per heavy atom. The minimum Gasteiger partial charge on any atom is -0.493 e. The number of anilines is 1. The van der Waals surface area contributed by atoms with Crippen molar-refractivity contribution in [1.29, 1.82) is 0 Å². The largest absolute Gasteiger partial charge is 0.493 e. The van der Waals surface area contributed by atoms with Crippen LogP contribution in [-0.2, 0) is 4.79 Å². The molecule has 3 rings (SSSR count). The molecule has 0 heterocycles. The quantitative estimate of drug-likeness (QED) is 0.859. The third-order valence-corrected chi connectivity index (χ3v) is 4.02. The van der Waals surface area contributed by atoms with E-state index in [1.165, 1.54) is 12.8 Å². The van der Waals surface area contributed by atoms with Crippen LogP contribution in [0.5, 0.6) is 5.75 Å². The fraction of sp³-hybridized carbons (Fsp3) is 0.316. The summed E-state index contributed by atoms with van der Waals surface area (Å²) < 4.78 is 5.68. The molecule has 1 amide bonds. The third-order valence-electron chi connectivity index (χ3n) is 4.02. The second-order valence-electron chi connectivity index (χ2n) is 6.16. The lowest BCUT2D eigenvalue weighted by Gasteiger charge is -2.13. The van der Waals surface area contributed by atoms with E-state index in [1.807, 2.05) is 55.5 Å². The number of rotatable bonds is 6. The molecular weight excluding hydrogens is 288 g/mol. The molecule has 0 radical (unpaired) electrons. The van der Waals surface area contributed by atoms with E-state index in [0.717, 1.165) is 35.1 Å². The summed E-state index contributed by atoms with van der Waals surface area (Å²) in [6.45, 7) is 2.78. The summed E-state index contributed by atoms with van der Waals surface area (Å²) in [5.41, 5.74) is 8.68. The van der Waals surface area contributed by atoms with E-state index in [4.69, 9.17) is 10.5 Å². The van der Waals surface area contributed by atoms with E-state index in [0.29, 0.717) is 0 Å². The van der Waals surface area contributed by atoms with Gasteiger partial charge >= 0.3 is 0 Å². The van der Waals surface area contributed by atoms with Gasteiger partial charge in [-0.05, 0) is 55.5 Å². The molecule has 1 unspecified atom stereocenters. The molecule has 2 aromatic rings. The molecule has 1 saturated carbocycles. The Hall–Kier alpha value is -2.33. The molecule has 23 heavy (non-hydrogen) atoms. The second-order valence-corrected chi connectivity index (χ2v) is 6.16. The van der Waals surface area contributed by atoms with E-state index in [9.17, 15) is 4.79 Å². The van der Waals surface area contributed by atoms with Gasteiger partial charge in [-0.1, -0.05) is 29.8 Å². The monoisotopic (exact) mass is 310 g/mol. The van der Waals surface area contributed by atoms with E-state index in [-0.39, 0.29) is 5.91 Å². The van der Waals surface area contributed by atoms with E-state index in [1.54, 1.807) is 0 Å². The molecule has 0 aliphatic heterocycles. The molecule has 4 nitrogen and oxygen atoms in total. The number of hydrogen-bond donors (Lipinski definition) is 2. The van der Waals surface area contributed by atoms with Gasteiger partial charge in [-0.25, -0.2) is 0 Å². The number of amides is 1. The molecule has 0 spiro atoms. The molecule has 1 atom stereocenters. The van der Waals surface area contributed by atoms with Crippen molar-refractivity contribution in [2.24, 2.45) is 11.7 Å². The molecule has 0 aromatic heterocycles. The van der Waals surface area contributed by atoms with Crippen molar-refractivity contribution in [2.75, 3.05) is 11.9 Å². The molecule has 1 fully saturated rings. The Balaban J connectivity index is 1.56. The van der Waals surface area contributed by atoms with E-state index < -0.39 is 6.04 Å². The Labute approximate surface area is 136 Å². The summed E-state index contributed by atoms with van der Waals surface area (Å²) in [5, 5.41) is 2.84. The first-order valence-electron chi connectivity index (χ1n) is 7.98. The SMILES string of the molecule is Cc1ccc(C(N)C(=O)Nc2ccc(OCC3CC3)cc2)cc1. The summed E-state index contributed by atoms with van der Waals surface area (Å²) in [7, 11) is 0. The average molecular weight is 310 g/mol. The van der Waals surface area contributed by atoms with Crippen molar-refractivity contribution in [3.8, 4) is 5.75 Å². The molecule has 2 aromatic carbocycles. The Morgan fingerprint density at radius 1 is 1.17 bits per heavy atom. The van der Waals surface area contributed by atoms with Crippen LogP contribution in [0.3, 0.4) is 0 Å². The Morgan fingerprint density at radius 3 is 2.43 bits per heavy atom. The van der Waals surface area contributed by atoms with Crippen LogP contribution in [0.15, 0.2) is 48.5 Å². The van der Waals surface area contributed by atoms with Crippen molar-refractivity contribution < 1.29 is 9.53 Å². The van der Waals surface area contributed by atoms with Gasteiger partial charge in [0.15, 0.2) is 0 Å². The predicted octanol–water partition coefficient (Wildman–Crippen LogP) is 3.42. The predicted molar refractivity (Wildman–Crippen MR) is 91.4 cm³/mol. The number of aryl methyl sites for hydroxylation is 1. The maximum Gasteiger partial charge on any atom is 0.245 e. The summed E-state index contributed by atoms with van der Waals surface area (Å²) in [5.74, 6) is 1.33. The highest BCUT2D eigenvalue weighted by molar-refractivity contribution is 5.95. The summed E-state index contributed by atoms with van der Waals surface area (Å²) in [6.07, 6.45) is 2.54. The van der Waals surface area contributed by atoms with Gasteiger partial charge in [-0.3, -0.25) is 4.79 Å². The molecular formula is C19H22N2O2. The van der Waals surface area contributed by atoms with Crippen molar-refractivity contribution in [1.82, 2.24) is 0 Å². The van der Waals surface area contributed by atoms with Crippen LogP contribution in [0.2, 0.25) is 0 Å². The van der Waals surface area contributed by atoms with Gasteiger partial charge in [0.1, 0.15) is 11.8 Å². The number of nitrogens with two attached hydrogens (primary N) is 1. The number of carbonyl (C=O) groups is 1.